The number of hydrogen-bond donors (Lipinski definition) is 4. The monoisotopic (exact) mass is 1250 g/mol. The van der Waals surface area contributed by atoms with Crippen LogP contribution in [0.2, 0.25) is 5.02 Å². The predicted octanol–water partition coefficient (Wildman–Crippen LogP) is 9.96. The molecule has 6 aliphatic rings. The number of allylic oxidation sites excluding steroid dienone is 1. The summed E-state index contributed by atoms with van der Waals surface area (Å²) in [5, 5.41) is 19.7. The van der Waals surface area contributed by atoms with E-state index >= 15 is 0 Å². The lowest BCUT2D eigenvalue weighted by Gasteiger charge is -2.42. The van der Waals surface area contributed by atoms with Crippen LogP contribution in [0.1, 0.15) is 103 Å². The van der Waals surface area contributed by atoms with Crippen LogP contribution in [-0.4, -0.2) is 156 Å². The number of carbonyl (C=O) groups is 4. The van der Waals surface area contributed by atoms with E-state index in [0.717, 1.165) is 136 Å². The van der Waals surface area contributed by atoms with Gasteiger partial charge in [0.05, 0.1) is 21.6 Å². The number of fused-ring (bicyclic) bond motifs is 2. The minimum Gasteiger partial charge on any atom is -0.455 e. The Morgan fingerprint density at radius 1 is 0.886 bits per heavy atom. The summed E-state index contributed by atoms with van der Waals surface area (Å²) < 4.78 is 36.6. The van der Waals surface area contributed by atoms with Gasteiger partial charge in [-0.05, 0) is 140 Å². The van der Waals surface area contributed by atoms with Crippen LogP contribution in [0.25, 0.3) is 16.6 Å². The van der Waals surface area contributed by atoms with Gasteiger partial charge in [0.25, 0.3) is 27.5 Å². The lowest BCUT2D eigenvalue weighted by molar-refractivity contribution is -0.384. The number of sulfonamides is 1. The molecule has 2 aliphatic carbocycles. The van der Waals surface area contributed by atoms with E-state index in [1.807, 2.05) is 36.4 Å². The number of nitrogens with zero attached hydrogens (tertiary/aromatic N) is 7. The van der Waals surface area contributed by atoms with Crippen molar-refractivity contribution in [2.45, 2.75) is 100 Å². The molecule has 0 radical (unpaired) electrons. The van der Waals surface area contributed by atoms with E-state index in [9.17, 15) is 37.7 Å². The number of carbonyl (C=O) groups excluding carboxylic acids is 4. The molecule has 88 heavy (non-hydrogen) atoms. The summed E-state index contributed by atoms with van der Waals surface area (Å²) in [7, 11) is -4.62. The first-order valence-electron chi connectivity index (χ1n) is 30.5. The smallest absolute Gasteiger partial charge is 0.293 e. The van der Waals surface area contributed by atoms with E-state index in [-0.39, 0.29) is 46.6 Å². The van der Waals surface area contributed by atoms with E-state index in [2.05, 4.69) is 70.9 Å². The quantitative estimate of drug-likeness (QED) is 0.0255. The van der Waals surface area contributed by atoms with Crippen molar-refractivity contribution in [3.05, 3.63) is 146 Å². The summed E-state index contributed by atoms with van der Waals surface area (Å²) in [6.07, 6.45) is 10.9. The number of benzene rings is 4. The summed E-state index contributed by atoms with van der Waals surface area (Å²) in [4.78, 5) is 83.3. The molecule has 4 aliphatic heterocycles. The molecule has 12 rings (SSSR count). The maximum atomic E-state index is 14.2. The van der Waals surface area contributed by atoms with Crippen molar-refractivity contribution < 1.29 is 37.3 Å². The maximum Gasteiger partial charge on any atom is 0.293 e. The Balaban J connectivity index is 0.632. The normalized spacial score (nSPS) is 21.4. The highest BCUT2D eigenvalue weighted by molar-refractivity contribution is 7.99. The van der Waals surface area contributed by atoms with E-state index in [4.69, 9.17) is 16.3 Å². The number of H-pyrrole nitrogens is 1. The van der Waals surface area contributed by atoms with Crippen LogP contribution < -0.4 is 25.0 Å². The van der Waals surface area contributed by atoms with Crippen LogP contribution in [-0.2, 0) is 26.2 Å². The molecule has 0 spiro atoms. The van der Waals surface area contributed by atoms with Gasteiger partial charge in [0.2, 0.25) is 11.8 Å². The number of aromatic amines is 1. The average Bonchev–Trinajstić information content (AvgIpc) is 2.66. The molecule has 23 heteroatoms. The first-order chi connectivity index (χ1) is 42.4. The number of imide groups is 1. The van der Waals surface area contributed by atoms with E-state index in [1.165, 1.54) is 35.0 Å². The van der Waals surface area contributed by atoms with Crippen molar-refractivity contribution in [1.82, 2.24) is 39.6 Å². The van der Waals surface area contributed by atoms with Crippen LogP contribution in [0, 0.1) is 21.4 Å². The van der Waals surface area contributed by atoms with Crippen molar-refractivity contribution in [3.8, 4) is 11.5 Å². The molecule has 6 heterocycles. The fourth-order valence-electron chi connectivity index (χ4n) is 13.5. The highest BCUT2D eigenvalue weighted by Gasteiger charge is 2.40. The number of piperazine rings is 2. The molecule has 1 unspecified atom stereocenters. The minimum absolute atomic E-state index is 0.0471. The summed E-state index contributed by atoms with van der Waals surface area (Å²) in [5.74, 6) is -0.252. The zero-order valence-corrected chi connectivity index (χ0v) is 52.0. The lowest BCUT2D eigenvalue weighted by atomic mass is 9.72. The van der Waals surface area contributed by atoms with Crippen LogP contribution in [0.5, 0.6) is 11.5 Å². The van der Waals surface area contributed by atoms with Gasteiger partial charge in [-0.2, -0.15) is 0 Å². The Bertz CT molecular complexity index is 3800. The van der Waals surface area contributed by atoms with Gasteiger partial charge in [-0.1, -0.05) is 49.2 Å². The molecule has 3 saturated heterocycles. The average molecular weight is 1250 g/mol. The number of pyridine rings is 1. The second-order valence-electron chi connectivity index (χ2n) is 24.9. The topological polar surface area (TPSA) is 236 Å². The molecule has 0 bridgehead atoms. The highest BCUT2D eigenvalue weighted by Crippen LogP contribution is 2.44. The number of anilines is 2. The van der Waals surface area contributed by atoms with Gasteiger partial charge >= 0.3 is 0 Å². The third-order valence-electron chi connectivity index (χ3n) is 18.6. The number of thioether (sulfide) groups is 1. The SMILES string of the molecule is CC1(C)CCC(CN2CCN(c3ccc(C(=O)NS(=O)(=O)c4ccc(NCC5CCC(N6CCN(CCSc7cccc8c7CN(C7CCC(=O)NC7=O)C8=O)CC6)CC5)c([N+](=O)[O-])c4)c(Oc4cnc5[nH]ccc5c4)c3)CC2)=C(c2ccc(Cl)cc2)C1. The van der Waals surface area contributed by atoms with Crippen molar-refractivity contribution in [3.63, 3.8) is 0 Å². The minimum atomic E-state index is -4.62. The number of rotatable bonds is 19. The lowest BCUT2D eigenvalue weighted by Crippen LogP contribution is -2.52. The van der Waals surface area contributed by atoms with Gasteiger partial charge in [0.1, 0.15) is 28.9 Å². The van der Waals surface area contributed by atoms with Crippen LogP contribution in [0.3, 0.4) is 0 Å². The van der Waals surface area contributed by atoms with Crippen molar-refractivity contribution in [1.29, 1.82) is 0 Å². The molecular weight excluding hydrogens is 1180 g/mol. The van der Waals surface area contributed by atoms with Gasteiger partial charge in [0.15, 0.2) is 0 Å². The van der Waals surface area contributed by atoms with Gasteiger partial charge in [-0.25, -0.2) is 18.1 Å². The zero-order valence-electron chi connectivity index (χ0n) is 49.6. The van der Waals surface area contributed by atoms with Crippen LogP contribution in [0.4, 0.5) is 17.1 Å². The highest BCUT2D eigenvalue weighted by atomic mass is 35.5. The summed E-state index contributed by atoms with van der Waals surface area (Å²) in [6, 6.07) is 26.1. The van der Waals surface area contributed by atoms with E-state index in [0.29, 0.717) is 55.6 Å². The molecule has 462 valence electrons. The van der Waals surface area contributed by atoms with Gasteiger partial charge in [0, 0.05) is 142 Å². The summed E-state index contributed by atoms with van der Waals surface area (Å²) in [6.45, 7) is 14.1. The first-order valence-corrected chi connectivity index (χ1v) is 33.4. The second-order valence-corrected chi connectivity index (χ2v) is 28.2. The van der Waals surface area contributed by atoms with E-state index in [1.54, 1.807) is 47.1 Å². The maximum absolute atomic E-state index is 14.2. The van der Waals surface area contributed by atoms with Crippen molar-refractivity contribution in [2.75, 3.05) is 88.0 Å². The van der Waals surface area contributed by atoms with Crippen molar-refractivity contribution >= 4 is 90.7 Å². The number of hydrogen-bond acceptors (Lipinski definition) is 16. The molecule has 2 aromatic heterocycles. The van der Waals surface area contributed by atoms with Gasteiger partial charge < -0.3 is 24.8 Å². The number of amides is 4. The standard InChI is InChI=1S/C65H74ClN11O9S2/c1-65(2)22-20-45(53(37-65)43-8-10-46(66)11-9-43)40-73-26-30-75(31-27-73)48-14-16-52(58(35-48)86-49-34-44-21-23-67-61(44)69-39-49)62(79)71-88(84,85)50-15-17-55(57(36-50)77(82)83)68-38-42-6-12-47(13-7-42)74-28-24-72(25-29-74)32-33-87-59-5-3-4-51-54(59)41-76(64(51)81)56-18-19-60(78)70-63(56)80/h3-5,8-11,14-17,21,23,34-36,39,42,47,56,68H,6-7,12-13,18-20,22,24-33,37-38,40-41H2,1-2H3,(H,67,69)(H,71,79)(H,70,78,80). The number of nitro benzene ring substituents is 1. The third kappa shape index (κ3) is 13.8. The molecule has 4 amide bonds. The Kier molecular flexibility index (Phi) is 18.0. The fourth-order valence-corrected chi connectivity index (χ4v) is 15.7. The van der Waals surface area contributed by atoms with Crippen molar-refractivity contribution in [2.24, 2.45) is 11.3 Å². The Hall–Kier alpha value is -7.34. The molecule has 6 aromatic rings. The molecule has 1 saturated carbocycles. The Morgan fingerprint density at radius 3 is 2.42 bits per heavy atom. The summed E-state index contributed by atoms with van der Waals surface area (Å²) in [5.41, 5.74) is 7.05. The number of ether oxygens (including phenoxy) is 1. The molecule has 20 nitrogen and oxygen atoms in total. The van der Waals surface area contributed by atoms with E-state index < -0.39 is 43.4 Å². The zero-order chi connectivity index (χ0) is 61.3. The number of aromatic nitrogens is 2. The van der Waals surface area contributed by atoms with Crippen LogP contribution >= 0.6 is 23.4 Å². The number of nitro groups is 1. The number of nitrogens with one attached hydrogen (secondary N) is 4. The molecular formula is C65H74ClN11O9S2. The Morgan fingerprint density at radius 2 is 1.66 bits per heavy atom. The second kappa shape index (κ2) is 26.0. The Labute approximate surface area is 522 Å². The third-order valence-corrected chi connectivity index (χ3v) is 21.2. The molecule has 4 aromatic carbocycles. The number of halogens is 1. The van der Waals surface area contributed by atoms with Crippen LogP contribution in [0.15, 0.2) is 119 Å². The predicted molar refractivity (Wildman–Crippen MR) is 340 cm³/mol. The van der Waals surface area contributed by atoms with Gasteiger partial charge in [-0.15, -0.1) is 11.8 Å². The molecule has 4 fully saturated rings. The molecule has 1 atom stereocenters. The number of piperidine rings is 1. The largest absolute Gasteiger partial charge is 0.455 e. The fraction of sp³-hybridized carbons (Fsp3) is 0.431. The summed E-state index contributed by atoms with van der Waals surface area (Å²) >= 11 is 8.01. The van der Waals surface area contributed by atoms with Gasteiger partial charge in [-0.3, -0.25) is 49.3 Å². The molecule has 4 N–H and O–H groups in total. The first kappa shape index (κ1) is 60.9.